The second-order valence-corrected chi connectivity index (χ2v) is 4.33. The monoisotopic (exact) mass is 413 g/mol. The molecule has 0 fully saturated rings. The van der Waals surface area contributed by atoms with Crippen LogP contribution in [-0.4, -0.2) is 25.5 Å². The first-order chi connectivity index (χ1) is 9.61. The number of unbranched alkanes of at least 4 members (excludes halogenated alkanes) is 1. The van der Waals surface area contributed by atoms with E-state index in [0.29, 0.717) is 18.3 Å². The highest BCUT2D eigenvalue weighted by Gasteiger charge is 2.03. The minimum absolute atomic E-state index is 0. The van der Waals surface area contributed by atoms with Gasteiger partial charge in [-0.2, -0.15) is 0 Å². The number of hydrogen-bond acceptors (Lipinski definition) is 2. The van der Waals surface area contributed by atoms with E-state index in [1.807, 2.05) is 6.07 Å². The fourth-order valence-electron chi connectivity index (χ4n) is 1.52. The van der Waals surface area contributed by atoms with Crippen molar-refractivity contribution in [2.24, 2.45) is 10.7 Å². The number of nitrogens with zero attached hydrogens (tertiary/aromatic N) is 1. The highest BCUT2D eigenvalue weighted by Crippen LogP contribution is 2.14. The molecule has 0 radical (unpaired) electrons. The lowest BCUT2D eigenvalue weighted by Crippen LogP contribution is -2.32. The third-order valence-corrected chi connectivity index (χ3v) is 2.54. The molecule has 0 bridgehead atoms. The molecule has 1 rings (SSSR count). The molecular weight excluding hydrogens is 391 g/mol. The second-order valence-electron chi connectivity index (χ2n) is 4.33. The van der Waals surface area contributed by atoms with Crippen molar-refractivity contribution < 1.29 is 13.5 Å². The van der Waals surface area contributed by atoms with E-state index in [1.165, 1.54) is 0 Å². The Bertz CT molecular complexity index is 430. The largest absolute Gasteiger partial charge is 0.488 e. The van der Waals surface area contributed by atoms with Crippen molar-refractivity contribution in [2.75, 3.05) is 13.2 Å². The molecule has 0 amide bonds. The summed E-state index contributed by atoms with van der Waals surface area (Å²) < 4.78 is 29.1. The zero-order chi connectivity index (χ0) is 14.8. The van der Waals surface area contributed by atoms with Crippen molar-refractivity contribution in [1.82, 2.24) is 5.32 Å². The first-order valence-corrected chi connectivity index (χ1v) is 6.65. The molecule has 0 heterocycles. The van der Waals surface area contributed by atoms with Gasteiger partial charge in [-0.15, -0.1) is 24.0 Å². The van der Waals surface area contributed by atoms with Crippen LogP contribution < -0.4 is 15.8 Å². The molecule has 4 nitrogen and oxygen atoms in total. The number of rotatable bonds is 8. The molecule has 0 unspecified atom stereocenters. The first-order valence-electron chi connectivity index (χ1n) is 6.65. The number of nitrogens with one attached hydrogen (secondary N) is 1. The Balaban J connectivity index is 0.00000400. The van der Waals surface area contributed by atoms with E-state index in [1.54, 1.807) is 18.2 Å². The molecule has 1 aromatic carbocycles. The van der Waals surface area contributed by atoms with Gasteiger partial charge in [-0.1, -0.05) is 25.5 Å². The third-order valence-electron chi connectivity index (χ3n) is 2.54. The van der Waals surface area contributed by atoms with Gasteiger partial charge in [-0.25, -0.2) is 13.8 Å². The summed E-state index contributed by atoms with van der Waals surface area (Å²) in [4.78, 5) is 4.18. The van der Waals surface area contributed by atoms with Gasteiger partial charge in [-0.3, -0.25) is 0 Å². The number of nitrogens with two attached hydrogens (primary N) is 1. The summed E-state index contributed by atoms with van der Waals surface area (Å²) in [5.74, 6) is 0.799. The number of halogens is 3. The van der Waals surface area contributed by atoms with Gasteiger partial charge in [0.25, 0.3) is 6.43 Å². The maximum Gasteiger partial charge on any atom is 0.272 e. The van der Waals surface area contributed by atoms with Gasteiger partial charge in [0.05, 0.1) is 6.54 Å². The first kappa shape index (κ1) is 19.9. The molecule has 1 aromatic rings. The van der Waals surface area contributed by atoms with Crippen LogP contribution in [0.25, 0.3) is 0 Å². The average Bonchev–Trinajstić information content (AvgIpc) is 2.44. The summed E-state index contributed by atoms with van der Waals surface area (Å²) >= 11 is 0. The van der Waals surface area contributed by atoms with E-state index in [2.05, 4.69) is 17.2 Å². The van der Waals surface area contributed by atoms with Gasteiger partial charge in [0, 0.05) is 6.54 Å². The Hall–Kier alpha value is -1.12. The van der Waals surface area contributed by atoms with Gasteiger partial charge in [0.1, 0.15) is 12.4 Å². The average molecular weight is 413 g/mol. The molecule has 0 aliphatic rings. The molecule has 0 saturated carbocycles. The summed E-state index contributed by atoms with van der Waals surface area (Å²) in [6.45, 7) is 2.67. The van der Waals surface area contributed by atoms with Gasteiger partial charge in [0.2, 0.25) is 0 Å². The van der Waals surface area contributed by atoms with Gasteiger partial charge in [0.15, 0.2) is 5.96 Å². The van der Waals surface area contributed by atoms with Crippen LogP contribution in [0, 0.1) is 0 Å². The van der Waals surface area contributed by atoms with Crippen molar-refractivity contribution in [2.45, 2.75) is 32.7 Å². The summed E-state index contributed by atoms with van der Waals surface area (Å²) in [5.41, 5.74) is 6.57. The second kappa shape index (κ2) is 11.5. The predicted octanol–water partition coefficient (Wildman–Crippen LogP) is 3.15. The summed E-state index contributed by atoms with van der Waals surface area (Å²) in [7, 11) is 0. The highest BCUT2D eigenvalue weighted by molar-refractivity contribution is 14.0. The van der Waals surface area contributed by atoms with Crippen LogP contribution in [0.2, 0.25) is 0 Å². The molecule has 0 aromatic heterocycles. The molecule has 0 aliphatic heterocycles. The number of ether oxygens (including phenoxy) is 1. The van der Waals surface area contributed by atoms with Crippen LogP contribution in [0.15, 0.2) is 29.3 Å². The minimum atomic E-state index is -2.48. The van der Waals surface area contributed by atoms with Crippen LogP contribution in [-0.2, 0) is 6.54 Å². The van der Waals surface area contributed by atoms with Crippen LogP contribution in [0.3, 0.4) is 0 Å². The Kier molecular flexibility index (Phi) is 10.9. The Morgan fingerprint density at radius 1 is 1.43 bits per heavy atom. The maximum absolute atomic E-state index is 12.1. The van der Waals surface area contributed by atoms with E-state index in [-0.39, 0.29) is 24.0 Å². The van der Waals surface area contributed by atoms with E-state index < -0.39 is 13.0 Å². The maximum atomic E-state index is 12.1. The number of aliphatic imine (C=N–C) groups is 1. The van der Waals surface area contributed by atoms with Crippen molar-refractivity contribution in [1.29, 1.82) is 0 Å². The van der Waals surface area contributed by atoms with Crippen molar-refractivity contribution in [3.05, 3.63) is 29.8 Å². The predicted molar refractivity (Wildman–Crippen MR) is 91.6 cm³/mol. The fraction of sp³-hybridized carbons (Fsp3) is 0.500. The number of benzene rings is 1. The van der Waals surface area contributed by atoms with E-state index in [4.69, 9.17) is 10.5 Å². The van der Waals surface area contributed by atoms with Crippen LogP contribution in [0.5, 0.6) is 5.75 Å². The third kappa shape index (κ3) is 9.43. The van der Waals surface area contributed by atoms with E-state index in [0.717, 1.165) is 24.9 Å². The smallest absolute Gasteiger partial charge is 0.272 e. The van der Waals surface area contributed by atoms with Gasteiger partial charge in [-0.05, 0) is 24.1 Å². The molecule has 0 aliphatic carbocycles. The highest BCUT2D eigenvalue weighted by atomic mass is 127. The topological polar surface area (TPSA) is 59.6 Å². The normalized spacial score (nSPS) is 11.1. The number of guanidine groups is 1. The molecule has 0 saturated heterocycles. The fourth-order valence-corrected chi connectivity index (χ4v) is 1.52. The number of hydrogen-bond donors (Lipinski definition) is 2. The van der Waals surface area contributed by atoms with Gasteiger partial charge >= 0.3 is 0 Å². The lowest BCUT2D eigenvalue weighted by Gasteiger charge is -2.07. The molecule has 120 valence electrons. The van der Waals surface area contributed by atoms with Gasteiger partial charge < -0.3 is 15.8 Å². The van der Waals surface area contributed by atoms with Crippen molar-refractivity contribution in [3.8, 4) is 5.75 Å². The minimum Gasteiger partial charge on any atom is -0.488 e. The standard InChI is InChI=1S/C14H21F2N3O.HI/c1-2-3-7-18-14(17)19-9-11-5-4-6-12(8-11)20-10-13(15)16;/h4-6,8,13H,2-3,7,9-10H2,1H3,(H3,17,18,19);1H. The molecule has 3 N–H and O–H groups in total. The quantitative estimate of drug-likeness (QED) is 0.298. The Morgan fingerprint density at radius 3 is 2.86 bits per heavy atom. The van der Waals surface area contributed by atoms with E-state index >= 15 is 0 Å². The summed E-state index contributed by atoms with van der Waals surface area (Å²) in [6.07, 6.45) is -0.355. The Labute approximate surface area is 141 Å². The molecule has 0 atom stereocenters. The Morgan fingerprint density at radius 2 is 2.19 bits per heavy atom. The lowest BCUT2D eigenvalue weighted by atomic mass is 10.2. The molecule has 7 heteroatoms. The number of alkyl halides is 2. The molecule has 0 spiro atoms. The lowest BCUT2D eigenvalue weighted by molar-refractivity contribution is 0.0818. The molecule has 21 heavy (non-hydrogen) atoms. The van der Waals surface area contributed by atoms with Crippen LogP contribution in [0.1, 0.15) is 25.3 Å². The summed E-state index contributed by atoms with van der Waals surface area (Å²) in [5, 5.41) is 3.01. The SMILES string of the molecule is CCCCNC(N)=NCc1cccc(OCC(F)F)c1.I. The molecular formula is C14H22F2IN3O. The van der Waals surface area contributed by atoms with E-state index in [9.17, 15) is 8.78 Å². The van der Waals surface area contributed by atoms with Crippen LogP contribution in [0.4, 0.5) is 8.78 Å². The zero-order valence-corrected chi connectivity index (χ0v) is 14.3. The van der Waals surface area contributed by atoms with Crippen molar-refractivity contribution in [3.63, 3.8) is 0 Å². The van der Waals surface area contributed by atoms with Crippen molar-refractivity contribution >= 4 is 29.9 Å². The zero-order valence-electron chi connectivity index (χ0n) is 12.0. The van der Waals surface area contributed by atoms with Crippen LogP contribution >= 0.6 is 24.0 Å². The summed E-state index contributed by atoms with van der Waals surface area (Å²) in [6, 6.07) is 6.91.